The minimum absolute atomic E-state index is 0.0706. The molecule has 4 nitrogen and oxygen atoms in total. The smallest absolute Gasteiger partial charge is 0.240 e. The summed E-state index contributed by atoms with van der Waals surface area (Å²) in [6.07, 6.45) is 1.52. The van der Waals surface area contributed by atoms with Gasteiger partial charge in [0.1, 0.15) is 0 Å². The molecule has 0 saturated carbocycles. The summed E-state index contributed by atoms with van der Waals surface area (Å²) >= 11 is 0. The molecule has 1 N–H and O–H groups in total. The van der Waals surface area contributed by atoms with Gasteiger partial charge in [-0.15, -0.1) is 0 Å². The van der Waals surface area contributed by atoms with Gasteiger partial charge in [-0.25, -0.2) is 0 Å². The maximum Gasteiger partial charge on any atom is 0.240 e. The van der Waals surface area contributed by atoms with Gasteiger partial charge in [-0.3, -0.25) is 9.69 Å². The largest absolute Gasteiger partial charge is 0.396 e. The second-order valence-electron chi connectivity index (χ2n) is 5.87. The quantitative estimate of drug-likeness (QED) is 0.798. The fourth-order valence-corrected chi connectivity index (χ4v) is 2.75. The molecular formula is C13H26N2O2. The van der Waals surface area contributed by atoms with Crippen molar-refractivity contribution in [3.8, 4) is 0 Å². The topological polar surface area (TPSA) is 43.8 Å². The molecule has 100 valence electrons. The molecule has 0 aliphatic carbocycles. The van der Waals surface area contributed by atoms with Crippen molar-refractivity contribution in [2.45, 2.75) is 39.7 Å². The van der Waals surface area contributed by atoms with Gasteiger partial charge < -0.3 is 10.0 Å². The highest BCUT2D eigenvalue weighted by Gasteiger charge is 2.36. The van der Waals surface area contributed by atoms with Crippen LogP contribution in [0.15, 0.2) is 0 Å². The highest BCUT2D eigenvalue weighted by molar-refractivity contribution is 5.82. The highest BCUT2D eigenvalue weighted by Crippen LogP contribution is 2.25. The van der Waals surface area contributed by atoms with Crippen LogP contribution in [0.25, 0.3) is 0 Å². The summed E-state index contributed by atoms with van der Waals surface area (Å²) in [4.78, 5) is 16.5. The van der Waals surface area contributed by atoms with Gasteiger partial charge in [-0.05, 0) is 25.3 Å². The average Bonchev–Trinajstić information content (AvgIpc) is 2.29. The first-order chi connectivity index (χ1) is 7.91. The van der Waals surface area contributed by atoms with Gasteiger partial charge in [0, 0.05) is 26.2 Å². The summed E-state index contributed by atoms with van der Waals surface area (Å²) in [6.45, 7) is 9.08. The number of aliphatic hydroxyl groups is 1. The summed E-state index contributed by atoms with van der Waals surface area (Å²) in [7, 11) is 1.98. The number of hydrogen-bond donors (Lipinski definition) is 1. The van der Waals surface area contributed by atoms with Crippen LogP contribution in [0.1, 0.15) is 33.6 Å². The fourth-order valence-electron chi connectivity index (χ4n) is 2.75. The molecule has 1 amide bonds. The number of carbonyl (C=O) groups excluding carboxylic acids is 1. The Morgan fingerprint density at radius 1 is 1.41 bits per heavy atom. The van der Waals surface area contributed by atoms with Gasteiger partial charge in [0.05, 0.1) is 6.04 Å². The SMILES string of the molecule is CCCN1CC(C)(C)CN(C)C(CCO)C1=O. The van der Waals surface area contributed by atoms with Gasteiger partial charge in [0.25, 0.3) is 0 Å². The van der Waals surface area contributed by atoms with E-state index in [-0.39, 0.29) is 24.0 Å². The Morgan fingerprint density at radius 3 is 2.59 bits per heavy atom. The van der Waals surface area contributed by atoms with Crippen molar-refractivity contribution in [2.75, 3.05) is 33.3 Å². The maximum atomic E-state index is 12.4. The minimum atomic E-state index is -0.159. The van der Waals surface area contributed by atoms with Crippen molar-refractivity contribution in [2.24, 2.45) is 5.41 Å². The van der Waals surface area contributed by atoms with Crippen LogP contribution in [0.5, 0.6) is 0 Å². The molecule has 1 atom stereocenters. The molecule has 1 fully saturated rings. The first-order valence-electron chi connectivity index (χ1n) is 6.51. The molecule has 4 heteroatoms. The third-order valence-corrected chi connectivity index (χ3v) is 3.32. The monoisotopic (exact) mass is 242 g/mol. The van der Waals surface area contributed by atoms with Gasteiger partial charge in [-0.1, -0.05) is 20.8 Å². The lowest BCUT2D eigenvalue weighted by Gasteiger charge is -2.29. The lowest BCUT2D eigenvalue weighted by atomic mass is 9.92. The maximum absolute atomic E-state index is 12.4. The van der Waals surface area contributed by atoms with Crippen molar-refractivity contribution < 1.29 is 9.90 Å². The first kappa shape index (κ1) is 14.5. The zero-order valence-corrected chi connectivity index (χ0v) is 11.6. The molecule has 1 heterocycles. The van der Waals surface area contributed by atoms with Crippen molar-refractivity contribution in [1.29, 1.82) is 0 Å². The predicted molar refractivity (Wildman–Crippen MR) is 68.8 cm³/mol. The van der Waals surface area contributed by atoms with Crippen molar-refractivity contribution in [1.82, 2.24) is 9.80 Å². The van der Waals surface area contributed by atoms with Crippen LogP contribution < -0.4 is 0 Å². The van der Waals surface area contributed by atoms with E-state index in [0.29, 0.717) is 6.42 Å². The molecule has 1 rings (SSSR count). The number of aliphatic hydroxyl groups excluding tert-OH is 1. The van der Waals surface area contributed by atoms with Crippen molar-refractivity contribution in [3.63, 3.8) is 0 Å². The molecule has 0 spiro atoms. The molecular weight excluding hydrogens is 216 g/mol. The van der Waals surface area contributed by atoms with E-state index in [2.05, 4.69) is 25.7 Å². The van der Waals surface area contributed by atoms with Crippen LogP contribution >= 0.6 is 0 Å². The van der Waals surface area contributed by atoms with Crippen LogP contribution in [-0.2, 0) is 4.79 Å². The van der Waals surface area contributed by atoms with Gasteiger partial charge in [0.15, 0.2) is 0 Å². The van der Waals surface area contributed by atoms with E-state index in [9.17, 15) is 4.79 Å². The fraction of sp³-hybridized carbons (Fsp3) is 0.923. The number of likely N-dealkylation sites (N-methyl/N-ethyl adjacent to an activating group) is 1. The summed E-state index contributed by atoms with van der Waals surface area (Å²) in [5.41, 5.74) is 0.115. The van der Waals surface area contributed by atoms with Crippen LogP contribution in [0.4, 0.5) is 0 Å². The Balaban J connectivity index is 2.89. The molecule has 1 unspecified atom stereocenters. The van der Waals surface area contributed by atoms with Gasteiger partial charge in [-0.2, -0.15) is 0 Å². The number of nitrogens with zero attached hydrogens (tertiary/aromatic N) is 2. The van der Waals surface area contributed by atoms with Crippen LogP contribution in [-0.4, -0.2) is 60.1 Å². The second kappa shape index (κ2) is 5.83. The van der Waals surface area contributed by atoms with Crippen LogP contribution in [0.3, 0.4) is 0 Å². The number of carbonyl (C=O) groups is 1. The lowest BCUT2D eigenvalue weighted by molar-refractivity contribution is -0.135. The summed E-state index contributed by atoms with van der Waals surface area (Å²) in [6, 6.07) is -0.159. The molecule has 1 saturated heterocycles. The highest BCUT2D eigenvalue weighted by atomic mass is 16.3. The zero-order chi connectivity index (χ0) is 13.1. The average molecular weight is 242 g/mol. The third kappa shape index (κ3) is 3.68. The van der Waals surface area contributed by atoms with Gasteiger partial charge >= 0.3 is 0 Å². The number of rotatable bonds is 4. The summed E-state index contributed by atoms with van der Waals surface area (Å²) < 4.78 is 0. The Kier molecular flexibility index (Phi) is 4.95. The Hall–Kier alpha value is -0.610. The number of hydrogen-bond acceptors (Lipinski definition) is 3. The van der Waals surface area contributed by atoms with E-state index in [4.69, 9.17) is 5.11 Å². The molecule has 1 aliphatic heterocycles. The van der Waals surface area contributed by atoms with Crippen molar-refractivity contribution in [3.05, 3.63) is 0 Å². The Bertz CT molecular complexity index is 266. The molecule has 17 heavy (non-hydrogen) atoms. The second-order valence-corrected chi connectivity index (χ2v) is 5.87. The Labute approximate surface area is 105 Å². The first-order valence-corrected chi connectivity index (χ1v) is 6.51. The lowest BCUT2D eigenvalue weighted by Crippen LogP contribution is -2.45. The molecule has 0 bridgehead atoms. The molecule has 0 radical (unpaired) electrons. The van der Waals surface area contributed by atoms with Crippen LogP contribution in [0.2, 0.25) is 0 Å². The van der Waals surface area contributed by atoms with Crippen molar-refractivity contribution >= 4 is 5.91 Å². The third-order valence-electron chi connectivity index (χ3n) is 3.32. The minimum Gasteiger partial charge on any atom is -0.396 e. The van der Waals surface area contributed by atoms with E-state index < -0.39 is 0 Å². The van der Waals surface area contributed by atoms with Crippen LogP contribution in [0, 0.1) is 5.41 Å². The normalized spacial score (nSPS) is 26.1. The van der Waals surface area contributed by atoms with E-state index in [1.165, 1.54) is 0 Å². The zero-order valence-electron chi connectivity index (χ0n) is 11.6. The van der Waals surface area contributed by atoms with Gasteiger partial charge in [0.2, 0.25) is 5.91 Å². The molecule has 1 aliphatic rings. The molecule has 0 aromatic rings. The predicted octanol–water partition coefficient (Wildman–Crippen LogP) is 0.948. The molecule has 0 aromatic heterocycles. The standard InChI is InChI=1S/C13H26N2O2/c1-5-7-15-10-13(2,3)9-14(4)11(6-8-16)12(15)17/h11,16H,5-10H2,1-4H3. The summed E-state index contributed by atoms with van der Waals surface area (Å²) in [5, 5.41) is 9.09. The Morgan fingerprint density at radius 2 is 2.06 bits per heavy atom. The van der Waals surface area contributed by atoms with E-state index in [1.54, 1.807) is 0 Å². The molecule has 0 aromatic carbocycles. The van der Waals surface area contributed by atoms with E-state index >= 15 is 0 Å². The number of amides is 1. The van der Waals surface area contributed by atoms with E-state index in [0.717, 1.165) is 26.1 Å². The summed E-state index contributed by atoms with van der Waals surface area (Å²) in [5.74, 6) is 0.175. The van der Waals surface area contributed by atoms with E-state index in [1.807, 2.05) is 11.9 Å².